The van der Waals surface area contributed by atoms with Crippen LogP contribution in [0.4, 0.5) is 5.69 Å². The fourth-order valence-electron chi connectivity index (χ4n) is 2.77. The predicted molar refractivity (Wildman–Crippen MR) is 101 cm³/mol. The summed E-state index contributed by atoms with van der Waals surface area (Å²) in [6.45, 7) is 0. The number of amides is 1. The molecule has 2 aromatic carbocycles. The molecule has 0 unspecified atom stereocenters. The van der Waals surface area contributed by atoms with Crippen LogP contribution >= 0.6 is 11.3 Å². The summed E-state index contributed by atoms with van der Waals surface area (Å²) >= 11 is 1.54. The fourth-order valence-corrected chi connectivity index (χ4v) is 3.31. The van der Waals surface area contributed by atoms with Crippen molar-refractivity contribution in [1.29, 1.82) is 0 Å². The molecule has 0 spiro atoms. The first-order valence-electron chi connectivity index (χ1n) is 8.07. The van der Waals surface area contributed by atoms with Gasteiger partial charge in [0.15, 0.2) is 16.7 Å². The maximum absolute atomic E-state index is 12.3. The highest BCUT2D eigenvalue weighted by Crippen LogP contribution is 2.20. The number of rotatable bonds is 5. The van der Waals surface area contributed by atoms with E-state index >= 15 is 0 Å². The topological polar surface area (TPSA) is 81.2 Å². The summed E-state index contributed by atoms with van der Waals surface area (Å²) in [5, 5.41) is 4.91. The molecule has 0 aliphatic carbocycles. The molecule has 0 fully saturated rings. The Kier molecular flexibility index (Phi) is 4.37. The molecule has 0 radical (unpaired) electrons. The van der Waals surface area contributed by atoms with Gasteiger partial charge in [-0.2, -0.15) is 0 Å². The van der Waals surface area contributed by atoms with Gasteiger partial charge in [0.05, 0.1) is 19.0 Å². The lowest BCUT2D eigenvalue weighted by Crippen LogP contribution is -2.14. The summed E-state index contributed by atoms with van der Waals surface area (Å²) in [6.07, 6.45) is 0.288. The zero-order chi connectivity index (χ0) is 17.9. The number of aromatic nitrogens is 3. The summed E-state index contributed by atoms with van der Waals surface area (Å²) in [6, 6.07) is 13.2. The second-order valence-electron chi connectivity index (χ2n) is 5.84. The monoisotopic (exact) mass is 365 g/mol. The standard InChI is InChI=1S/C19H16N4O2S/c1-25-14-4-2-3-12(7-14)8-18(24)21-13-5-6-15-16(9-13)23-19(22-15)17-10-26-11-20-17/h2-7,9-11H,8H2,1H3,(H,21,24)(H,22,23)/p+1. The van der Waals surface area contributed by atoms with Crippen molar-refractivity contribution in [3.63, 3.8) is 0 Å². The van der Waals surface area contributed by atoms with Crippen LogP contribution in [-0.2, 0) is 11.2 Å². The Morgan fingerprint density at radius 1 is 1.31 bits per heavy atom. The number of aromatic amines is 2. The number of nitrogens with one attached hydrogen (secondary N) is 3. The number of anilines is 1. The molecule has 6 nitrogen and oxygen atoms in total. The van der Waals surface area contributed by atoms with Crippen molar-refractivity contribution < 1.29 is 14.5 Å². The van der Waals surface area contributed by atoms with Crippen LogP contribution in [0.1, 0.15) is 5.56 Å². The van der Waals surface area contributed by atoms with E-state index in [9.17, 15) is 4.79 Å². The number of hydrogen-bond donors (Lipinski definition) is 2. The van der Waals surface area contributed by atoms with E-state index in [-0.39, 0.29) is 12.3 Å². The molecule has 1 amide bonds. The largest absolute Gasteiger partial charge is 0.497 e. The smallest absolute Gasteiger partial charge is 0.305 e. The van der Waals surface area contributed by atoms with Crippen molar-refractivity contribution in [2.75, 3.05) is 12.4 Å². The van der Waals surface area contributed by atoms with Gasteiger partial charge in [-0.15, -0.1) is 11.3 Å². The van der Waals surface area contributed by atoms with Gasteiger partial charge < -0.3 is 10.1 Å². The van der Waals surface area contributed by atoms with E-state index in [1.807, 2.05) is 47.8 Å². The Balaban J connectivity index is 1.50. The third-order valence-electron chi connectivity index (χ3n) is 4.01. The molecule has 0 saturated heterocycles. The Morgan fingerprint density at radius 2 is 2.23 bits per heavy atom. The number of carbonyl (C=O) groups is 1. The van der Waals surface area contributed by atoms with Gasteiger partial charge in [-0.05, 0) is 29.8 Å². The number of methoxy groups -OCH3 is 1. The highest BCUT2D eigenvalue weighted by atomic mass is 32.1. The maximum atomic E-state index is 12.3. The molecule has 0 saturated carbocycles. The normalized spacial score (nSPS) is 10.8. The third-order valence-corrected chi connectivity index (χ3v) is 4.60. The molecule has 2 heterocycles. The lowest BCUT2D eigenvalue weighted by Gasteiger charge is -2.06. The first-order valence-corrected chi connectivity index (χ1v) is 9.02. The molecule has 130 valence electrons. The summed E-state index contributed by atoms with van der Waals surface area (Å²) in [4.78, 5) is 23.2. The molecule has 4 rings (SSSR count). The molecule has 0 atom stereocenters. The molecule has 3 N–H and O–H groups in total. The zero-order valence-electron chi connectivity index (χ0n) is 14.1. The second kappa shape index (κ2) is 6.97. The number of imidazole rings is 1. The predicted octanol–water partition coefficient (Wildman–Crippen LogP) is 3.30. The second-order valence-corrected chi connectivity index (χ2v) is 6.55. The van der Waals surface area contributed by atoms with E-state index in [0.717, 1.165) is 39.6 Å². The minimum Gasteiger partial charge on any atom is -0.497 e. The molecular weight excluding hydrogens is 348 g/mol. The van der Waals surface area contributed by atoms with E-state index < -0.39 is 0 Å². The van der Waals surface area contributed by atoms with Crippen molar-refractivity contribution in [2.45, 2.75) is 6.42 Å². The van der Waals surface area contributed by atoms with Crippen LogP contribution in [0.15, 0.2) is 53.4 Å². The van der Waals surface area contributed by atoms with Crippen molar-refractivity contribution in [3.05, 3.63) is 58.9 Å². The minimum atomic E-state index is -0.0761. The lowest BCUT2D eigenvalue weighted by molar-refractivity contribution is -0.330. The van der Waals surface area contributed by atoms with E-state index in [4.69, 9.17) is 4.74 Å². The number of thiazole rings is 1. The number of fused-ring (bicyclic) bond motifs is 1. The highest BCUT2D eigenvalue weighted by molar-refractivity contribution is 7.07. The van der Waals surface area contributed by atoms with Gasteiger partial charge in [0.25, 0.3) is 0 Å². The number of carbonyl (C=O) groups excluding carboxylic acids is 1. The number of H-pyrrole nitrogens is 2. The fraction of sp³-hybridized carbons (Fsp3) is 0.105. The van der Waals surface area contributed by atoms with Crippen LogP contribution in [0.3, 0.4) is 0 Å². The molecule has 0 aliphatic rings. The van der Waals surface area contributed by atoms with Crippen molar-refractivity contribution in [2.24, 2.45) is 0 Å². The lowest BCUT2D eigenvalue weighted by atomic mass is 10.1. The SMILES string of the molecule is COc1cccc(CC(=O)Nc2ccc3[nH+]c(-c4cscn4)[nH]c3c2)c1. The van der Waals surface area contributed by atoms with Crippen LogP contribution in [0.2, 0.25) is 0 Å². The number of nitrogens with zero attached hydrogens (tertiary/aromatic N) is 1. The van der Waals surface area contributed by atoms with Crippen LogP contribution < -0.4 is 15.0 Å². The summed E-state index contributed by atoms with van der Waals surface area (Å²) in [5.41, 5.74) is 6.17. The Morgan fingerprint density at radius 3 is 3.04 bits per heavy atom. The van der Waals surface area contributed by atoms with E-state index in [0.29, 0.717) is 0 Å². The average molecular weight is 365 g/mol. The van der Waals surface area contributed by atoms with Crippen LogP contribution in [-0.4, -0.2) is 23.0 Å². The number of hydrogen-bond acceptors (Lipinski definition) is 4. The molecule has 0 aliphatic heterocycles. The Labute approximate surface area is 153 Å². The highest BCUT2D eigenvalue weighted by Gasteiger charge is 2.14. The molecule has 2 aromatic heterocycles. The molecule has 4 aromatic rings. The third kappa shape index (κ3) is 3.43. The van der Waals surface area contributed by atoms with Gasteiger partial charge in [-0.25, -0.2) is 15.0 Å². The summed E-state index contributed by atoms with van der Waals surface area (Å²) in [7, 11) is 1.61. The van der Waals surface area contributed by atoms with Gasteiger partial charge in [0.1, 0.15) is 5.75 Å². The number of benzene rings is 2. The molecule has 7 heteroatoms. The van der Waals surface area contributed by atoms with Crippen molar-refractivity contribution in [1.82, 2.24) is 9.97 Å². The van der Waals surface area contributed by atoms with Gasteiger partial charge in [0.2, 0.25) is 5.91 Å². The van der Waals surface area contributed by atoms with E-state index in [1.165, 1.54) is 0 Å². The van der Waals surface area contributed by atoms with Gasteiger partial charge >= 0.3 is 5.82 Å². The first-order chi connectivity index (χ1) is 12.7. The Hall–Kier alpha value is -3.19. The van der Waals surface area contributed by atoms with E-state index in [2.05, 4.69) is 20.3 Å². The Bertz CT molecular complexity index is 1060. The van der Waals surface area contributed by atoms with Crippen LogP contribution in [0, 0.1) is 0 Å². The summed E-state index contributed by atoms with van der Waals surface area (Å²) in [5.74, 6) is 1.52. The molecule has 0 bridgehead atoms. The van der Waals surface area contributed by atoms with Gasteiger partial charge in [0, 0.05) is 17.1 Å². The van der Waals surface area contributed by atoms with Gasteiger partial charge in [-0.3, -0.25) is 4.79 Å². The average Bonchev–Trinajstić information content (AvgIpc) is 3.30. The minimum absolute atomic E-state index is 0.0761. The van der Waals surface area contributed by atoms with Crippen LogP contribution in [0.25, 0.3) is 22.6 Å². The zero-order valence-corrected chi connectivity index (χ0v) is 14.9. The van der Waals surface area contributed by atoms with Crippen molar-refractivity contribution >= 4 is 34.0 Å². The van der Waals surface area contributed by atoms with Crippen molar-refractivity contribution in [3.8, 4) is 17.3 Å². The first kappa shape index (κ1) is 16.3. The maximum Gasteiger partial charge on any atom is 0.305 e. The number of ether oxygens (including phenoxy) is 1. The summed E-state index contributed by atoms with van der Waals surface area (Å²) < 4.78 is 5.19. The molecular formula is C19H17N4O2S+. The molecule has 26 heavy (non-hydrogen) atoms. The van der Waals surface area contributed by atoms with Crippen LogP contribution in [0.5, 0.6) is 5.75 Å². The quantitative estimate of drug-likeness (QED) is 0.569. The van der Waals surface area contributed by atoms with E-state index in [1.54, 1.807) is 24.0 Å². The van der Waals surface area contributed by atoms with Gasteiger partial charge in [-0.1, -0.05) is 12.1 Å².